The van der Waals surface area contributed by atoms with E-state index in [1.54, 1.807) is 0 Å². The standard InChI is InChI=1S/C15H26N4O/c1-4-9-17-15(16-5-2)18-10-8-14(20)19-11-6-7-13(3)12-19/h1,13H,5-12H2,2-3H3,(H2,16,17,18). The van der Waals surface area contributed by atoms with Crippen molar-refractivity contribution in [3.05, 3.63) is 0 Å². The first-order chi connectivity index (χ1) is 9.67. The van der Waals surface area contributed by atoms with Crippen LogP contribution in [0, 0.1) is 18.3 Å². The van der Waals surface area contributed by atoms with E-state index in [0.29, 0.717) is 31.4 Å². The quantitative estimate of drug-likeness (QED) is 0.445. The maximum Gasteiger partial charge on any atom is 0.224 e. The largest absolute Gasteiger partial charge is 0.357 e. The minimum absolute atomic E-state index is 0.202. The molecular formula is C15H26N4O. The molecule has 1 unspecified atom stereocenters. The van der Waals surface area contributed by atoms with Crippen LogP contribution in [0.5, 0.6) is 0 Å². The van der Waals surface area contributed by atoms with Gasteiger partial charge in [0, 0.05) is 26.1 Å². The SMILES string of the molecule is C#CCNC(=NCCC(=O)N1CCCC(C)C1)NCC. The van der Waals surface area contributed by atoms with E-state index in [9.17, 15) is 4.79 Å². The molecule has 1 rings (SSSR count). The number of likely N-dealkylation sites (tertiary alicyclic amines) is 1. The van der Waals surface area contributed by atoms with Crippen LogP contribution in [0.15, 0.2) is 4.99 Å². The summed E-state index contributed by atoms with van der Waals surface area (Å²) in [4.78, 5) is 18.4. The van der Waals surface area contributed by atoms with Gasteiger partial charge in [-0.1, -0.05) is 12.8 Å². The fourth-order valence-electron chi connectivity index (χ4n) is 2.31. The lowest BCUT2D eigenvalue weighted by Gasteiger charge is -2.30. The maximum atomic E-state index is 12.1. The number of nitrogens with zero attached hydrogens (tertiary/aromatic N) is 2. The van der Waals surface area contributed by atoms with Gasteiger partial charge < -0.3 is 15.5 Å². The second kappa shape index (κ2) is 9.24. The Balaban J connectivity index is 2.36. The van der Waals surface area contributed by atoms with Crippen LogP contribution >= 0.6 is 0 Å². The number of carbonyl (C=O) groups is 1. The van der Waals surface area contributed by atoms with Gasteiger partial charge in [0.15, 0.2) is 5.96 Å². The van der Waals surface area contributed by atoms with E-state index in [0.717, 1.165) is 26.1 Å². The highest BCUT2D eigenvalue weighted by Crippen LogP contribution is 2.15. The predicted molar refractivity (Wildman–Crippen MR) is 82.4 cm³/mol. The van der Waals surface area contributed by atoms with Crippen LogP contribution in [0.3, 0.4) is 0 Å². The van der Waals surface area contributed by atoms with E-state index in [-0.39, 0.29) is 5.91 Å². The third-order valence-electron chi connectivity index (χ3n) is 3.31. The molecule has 1 fully saturated rings. The van der Waals surface area contributed by atoms with Crippen molar-refractivity contribution in [1.29, 1.82) is 0 Å². The van der Waals surface area contributed by atoms with Crippen LogP contribution in [0.2, 0.25) is 0 Å². The van der Waals surface area contributed by atoms with E-state index >= 15 is 0 Å². The number of terminal acetylenes is 1. The van der Waals surface area contributed by atoms with Crippen molar-refractivity contribution in [3.8, 4) is 12.3 Å². The minimum Gasteiger partial charge on any atom is -0.357 e. The van der Waals surface area contributed by atoms with Crippen LogP contribution < -0.4 is 10.6 Å². The number of amides is 1. The molecule has 0 aliphatic carbocycles. The van der Waals surface area contributed by atoms with Gasteiger partial charge in [-0.3, -0.25) is 9.79 Å². The Morgan fingerprint density at radius 3 is 2.95 bits per heavy atom. The minimum atomic E-state index is 0.202. The molecule has 1 aliphatic heterocycles. The number of hydrogen-bond acceptors (Lipinski definition) is 2. The molecule has 20 heavy (non-hydrogen) atoms. The Labute approximate surface area is 122 Å². The molecule has 2 N–H and O–H groups in total. The number of rotatable bonds is 5. The normalized spacial score (nSPS) is 19.4. The second-order valence-electron chi connectivity index (χ2n) is 5.16. The first-order valence-corrected chi connectivity index (χ1v) is 7.40. The van der Waals surface area contributed by atoms with E-state index in [4.69, 9.17) is 6.42 Å². The molecule has 0 aromatic rings. The highest BCUT2D eigenvalue weighted by Gasteiger charge is 2.20. The topological polar surface area (TPSA) is 56.7 Å². The number of nitrogens with one attached hydrogen (secondary N) is 2. The van der Waals surface area contributed by atoms with Crippen molar-refractivity contribution in [2.45, 2.75) is 33.1 Å². The van der Waals surface area contributed by atoms with Crippen molar-refractivity contribution in [2.24, 2.45) is 10.9 Å². The molecule has 5 nitrogen and oxygen atoms in total. The summed E-state index contributed by atoms with van der Waals surface area (Å²) in [6.07, 6.45) is 8.00. The van der Waals surface area contributed by atoms with Gasteiger partial charge in [0.25, 0.3) is 0 Å². The number of guanidine groups is 1. The van der Waals surface area contributed by atoms with Crippen molar-refractivity contribution in [1.82, 2.24) is 15.5 Å². The third-order valence-corrected chi connectivity index (χ3v) is 3.31. The molecule has 1 amide bonds. The molecule has 1 heterocycles. The van der Waals surface area contributed by atoms with Crippen molar-refractivity contribution < 1.29 is 4.79 Å². The smallest absolute Gasteiger partial charge is 0.224 e. The number of hydrogen-bond donors (Lipinski definition) is 2. The number of piperidine rings is 1. The monoisotopic (exact) mass is 278 g/mol. The van der Waals surface area contributed by atoms with Gasteiger partial charge in [-0.05, 0) is 25.7 Å². The van der Waals surface area contributed by atoms with Crippen LogP contribution in [-0.2, 0) is 4.79 Å². The molecular weight excluding hydrogens is 252 g/mol. The lowest BCUT2D eigenvalue weighted by molar-refractivity contribution is -0.132. The summed E-state index contributed by atoms with van der Waals surface area (Å²) in [6, 6.07) is 0. The Morgan fingerprint density at radius 1 is 1.50 bits per heavy atom. The van der Waals surface area contributed by atoms with Crippen LogP contribution in [0.25, 0.3) is 0 Å². The fraction of sp³-hybridized carbons (Fsp3) is 0.733. The lowest BCUT2D eigenvalue weighted by atomic mass is 10.00. The summed E-state index contributed by atoms with van der Waals surface area (Å²) in [5.41, 5.74) is 0. The van der Waals surface area contributed by atoms with Gasteiger partial charge in [0.2, 0.25) is 5.91 Å². The molecule has 1 saturated heterocycles. The van der Waals surface area contributed by atoms with Gasteiger partial charge in [0.05, 0.1) is 13.1 Å². The highest BCUT2D eigenvalue weighted by atomic mass is 16.2. The van der Waals surface area contributed by atoms with Crippen LogP contribution in [0.4, 0.5) is 0 Å². The van der Waals surface area contributed by atoms with Gasteiger partial charge in [-0.25, -0.2) is 0 Å². The molecule has 5 heteroatoms. The summed E-state index contributed by atoms with van der Waals surface area (Å²) in [5, 5.41) is 6.10. The zero-order valence-corrected chi connectivity index (χ0v) is 12.6. The maximum absolute atomic E-state index is 12.1. The van der Waals surface area contributed by atoms with Crippen LogP contribution in [0.1, 0.15) is 33.1 Å². The summed E-state index contributed by atoms with van der Waals surface area (Å²) < 4.78 is 0. The average molecular weight is 278 g/mol. The summed E-state index contributed by atoms with van der Waals surface area (Å²) in [7, 11) is 0. The van der Waals surface area contributed by atoms with Crippen molar-refractivity contribution in [2.75, 3.05) is 32.7 Å². The van der Waals surface area contributed by atoms with E-state index in [1.165, 1.54) is 6.42 Å². The summed E-state index contributed by atoms with van der Waals surface area (Å²) in [5.74, 6) is 4.00. The van der Waals surface area contributed by atoms with E-state index < -0.39 is 0 Å². The Morgan fingerprint density at radius 2 is 2.30 bits per heavy atom. The van der Waals surface area contributed by atoms with Gasteiger partial charge in [0.1, 0.15) is 0 Å². The number of aliphatic imine (C=N–C) groups is 1. The molecule has 0 radical (unpaired) electrons. The zero-order valence-electron chi connectivity index (χ0n) is 12.6. The van der Waals surface area contributed by atoms with Gasteiger partial charge >= 0.3 is 0 Å². The molecule has 0 bridgehead atoms. The molecule has 0 saturated carbocycles. The molecule has 1 atom stereocenters. The van der Waals surface area contributed by atoms with Crippen molar-refractivity contribution in [3.63, 3.8) is 0 Å². The second-order valence-corrected chi connectivity index (χ2v) is 5.16. The fourth-order valence-corrected chi connectivity index (χ4v) is 2.31. The predicted octanol–water partition coefficient (Wildman–Crippen LogP) is 0.823. The Bertz CT molecular complexity index is 373. The van der Waals surface area contributed by atoms with E-state index in [1.807, 2.05) is 11.8 Å². The molecule has 1 aliphatic rings. The summed E-state index contributed by atoms with van der Waals surface area (Å²) in [6.45, 7) is 7.67. The Hall–Kier alpha value is -1.70. The van der Waals surface area contributed by atoms with Crippen molar-refractivity contribution >= 4 is 11.9 Å². The molecule has 112 valence electrons. The first-order valence-electron chi connectivity index (χ1n) is 7.40. The Kier molecular flexibility index (Phi) is 7.56. The van der Waals surface area contributed by atoms with E-state index in [2.05, 4.69) is 28.5 Å². The van der Waals surface area contributed by atoms with Gasteiger partial charge in [-0.15, -0.1) is 6.42 Å². The van der Waals surface area contributed by atoms with Crippen LogP contribution in [-0.4, -0.2) is 49.5 Å². The first kappa shape index (κ1) is 16.4. The average Bonchev–Trinajstić information content (AvgIpc) is 2.44. The summed E-state index contributed by atoms with van der Waals surface area (Å²) >= 11 is 0. The zero-order chi connectivity index (χ0) is 14.8. The number of carbonyl (C=O) groups excluding carboxylic acids is 1. The molecule has 0 aromatic heterocycles. The molecule has 0 aromatic carbocycles. The molecule has 0 spiro atoms. The highest BCUT2D eigenvalue weighted by molar-refractivity contribution is 5.81. The lowest BCUT2D eigenvalue weighted by Crippen LogP contribution is -2.40. The van der Waals surface area contributed by atoms with Gasteiger partial charge in [-0.2, -0.15) is 0 Å². The third kappa shape index (κ3) is 5.96.